The van der Waals surface area contributed by atoms with Crippen LogP contribution in [0.25, 0.3) is 0 Å². The van der Waals surface area contributed by atoms with Crippen LogP contribution in [0.5, 0.6) is 0 Å². The van der Waals surface area contributed by atoms with Crippen LogP contribution in [0, 0.1) is 5.41 Å². The van der Waals surface area contributed by atoms with Crippen LogP contribution >= 0.6 is 0 Å². The van der Waals surface area contributed by atoms with Crippen molar-refractivity contribution >= 4 is 0 Å². The molecule has 1 unspecified atom stereocenters. The van der Waals surface area contributed by atoms with Gasteiger partial charge < -0.3 is 11.1 Å². The fourth-order valence-electron chi connectivity index (χ4n) is 2.06. The van der Waals surface area contributed by atoms with Crippen molar-refractivity contribution < 1.29 is 0 Å². The van der Waals surface area contributed by atoms with E-state index in [4.69, 9.17) is 5.73 Å². The lowest BCUT2D eigenvalue weighted by molar-refractivity contribution is 0.156. The number of nitrogens with one attached hydrogen (secondary N) is 1. The lowest BCUT2D eigenvalue weighted by Crippen LogP contribution is -2.53. The summed E-state index contributed by atoms with van der Waals surface area (Å²) >= 11 is 0. The Morgan fingerprint density at radius 1 is 1.45 bits per heavy atom. The van der Waals surface area contributed by atoms with E-state index < -0.39 is 0 Å². The first-order valence-electron chi connectivity index (χ1n) is 4.71. The van der Waals surface area contributed by atoms with Gasteiger partial charge in [0.1, 0.15) is 0 Å². The highest BCUT2D eigenvalue weighted by Gasteiger charge is 2.34. The molecule has 2 nitrogen and oxygen atoms in total. The maximum atomic E-state index is 6.10. The number of piperidine rings is 1. The summed E-state index contributed by atoms with van der Waals surface area (Å²) in [5, 5.41) is 3.43. The number of nitrogens with two attached hydrogens (primary N) is 1. The molecule has 3 N–H and O–H groups in total. The highest BCUT2D eigenvalue weighted by atomic mass is 14.9. The summed E-state index contributed by atoms with van der Waals surface area (Å²) in [5.74, 6) is 0. The molecular weight excluding hydrogens is 136 g/mol. The summed E-state index contributed by atoms with van der Waals surface area (Å²) < 4.78 is 0. The minimum Gasteiger partial charge on any atom is -0.327 e. The third kappa shape index (κ3) is 1.57. The van der Waals surface area contributed by atoms with Gasteiger partial charge in [-0.25, -0.2) is 0 Å². The molecule has 0 aromatic heterocycles. The molecule has 1 rings (SSSR count). The van der Waals surface area contributed by atoms with E-state index >= 15 is 0 Å². The van der Waals surface area contributed by atoms with Crippen molar-refractivity contribution in [2.75, 3.05) is 13.1 Å². The van der Waals surface area contributed by atoms with E-state index in [9.17, 15) is 0 Å². The van der Waals surface area contributed by atoms with Crippen molar-refractivity contribution in [1.82, 2.24) is 5.32 Å². The molecule has 1 heterocycles. The highest BCUT2D eigenvalue weighted by Crippen LogP contribution is 2.32. The lowest BCUT2D eigenvalue weighted by Gasteiger charge is -2.41. The SMILES string of the molecule is CCC1(CC)CNCCC1N. The van der Waals surface area contributed by atoms with Crippen LogP contribution in [-0.2, 0) is 0 Å². The average molecular weight is 156 g/mol. The first-order valence-corrected chi connectivity index (χ1v) is 4.71. The second-order valence-electron chi connectivity index (χ2n) is 3.64. The second-order valence-corrected chi connectivity index (χ2v) is 3.64. The summed E-state index contributed by atoms with van der Waals surface area (Å²) in [7, 11) is 0. The van der Waals surface area contributed by atoms with Crippen molar-refractivity contribution in [1.29, 1.82) is 0 Å². The molecule has 1 aliphatic rings. The second kappa shape index (κ2) is 3.55. The van der Waals surface area contributed by atoms with Crippen molar-refractivity contribution in [3.63, 3.8) is 0 Å². The van der Waals surface area contributed by atoms with Gasteiger partial charge in [0.2, 0.25) is 0 Å². The molecule has 11 heavy (non-hydrogen) atoms. The highest BCUT2D eigenvalue weighted by molar-refractivity contribution is 4.92. The molecule has 1 aliphatic heterocycles. The van der Waals surface area contributed by atoms with Gasteiger partial charge in [0, 0.05) is 12.6 Å². The van der Waals surface area contributed by atoms with E-state index in [1.807, 2.05) is 0 Å². The van der Waals surface area contributed by atoms with E-state index in [1.165, 1.54) is 12.8 Å². The molecule has 1 saturated heterocycles. The third-order valence-electron chi connectivity index (χ3n) is 3.30. The van der Waals surface area contributed by atoms with E-state index in [1.54, 1.807) is 0 Å². The molecule has 0 amide bonds. The summed E-state index contributed by atoms with van der Waals surface area (Å²) in [6.45, 7) is 6.71. The van der Waals surface area contributed by atoms with E-state index in [0.29, 0.717) is 11.5 Å². The summed E-state index contributed by atoms with van der Waals surface area (Å²) in [5.41, 5.74) is 6.48. The van der Waals surface area contributed by atoms with Gasteiger partial charge in [-0.15, -0.1) is 0 Å². The zero-order valence-electron chi connectivity index (χ0n) is 7.69. The van der Waals surface area contributed by atoms with Gasteiger partial charge in [0.15, 0.2) is 0 Å². The fraction of sp³-hybridized carbons (Fsp3) is 1.00. The Labute approximate surface area is 69.5 Å². The first-order chi connectivity index (χ1) is 5.25. The van der Waals surface area contributed by atoms with Gasteiger partial charge in [0.25, 0.3) is 0 Å². The van der Waals surface area contributed by atoms with Gasteiger partial charge in [-0.1, -0.05) is 13.8 Å². The van der Waals surface area contributed by atoms with Crippen LogP contribution in [0.2, 0.25) is 0 Å². The van der Waals surface area contributed by atoms with E-state index in [2.05, 4.69) is 19.2 Å². The molecule has 0 spiro atoms. The molecule has 66 valence electrons. The predicted octanol–water partition coefficient (Wildman–Crippen LogP) is 1.11. The summed E-state index contributed by atoms with van der Waals surface area (Å²) in [6.07, 6.45) is 3.55. The topological polar surface area (TPSA) is 38.0 Å². The van der Waals surface area contributed by atoms with Crippen LogP contribution in [0.4, 0.5) is 0 Å². The average Bonchev–Trinajstić information content (AvgIpc) is 2.06. The van der Waals surface area contributed by atoms with Gasteiger partial charge in [0.05, 0.1) is 0 Å². The maximum Gasteiger partial charge on any atom is 0.0120 e. The Balaban J connectivity index is 2.61. The zero-order valence-corrected chi connectivity index (χ0v) is 7.69. The summed E-state index contributed by atoms with van der Waals surface area (Å²) in [6, 6.07) is 0.416. The quantitative estimate of drug-likeness (QED) is 0.628. The van der Waals surface area contributed by atoms with Gasteiger partial charge in [-0.2, -0.15) is 0 Å². The standard InChI is InChI=1S/C9H20N2/c1-3-9(4-2)7-11-6-5-8(9)10/h8,11H,3-7,10H2,1-2H3. The molecule has 0 aromatic carbocycles. The molecule has 0 saturated carbocycles. The Bertz CT molecular complexity index is 119. The number of hydrogen-bond donors (Lipinski definition) is 2. The van der Waals surface area contributed by atoms with Gasteiger partial charge in [-0.3, -0.25) is 0 Å². The van der Waals surface area contributed by atoms with Gasteiger partial charge >= 0.3 is 0 Å². The van der Waals surface area contributed by atoms with E-state index in [-0.39, 0.29) is 0 Å². The lowest BCUT2D eigenvalue weighted by atomic mass is 9.73. The van der Waals surface area contributed by atoms with Crippen molar-refractivity contribution in [3.8, 4) is 0 Å². The molecule has 0 aromatic rings. The summed E-state index contributed by atoms with van der Waals surface area (Å²) in [4.78, 5) is 0. The Morgan fingerprint density at radius 2 is 2.09 bits per heavy atom. The van der Waals surface area contributed by atoms with Gasteiger partial charge in [-0.05, 0) is 31.2 Å². The van der Waals surface area contributed by atoms with E-state index in [0.717, 1.165) is 19.5 Å². The minimum atomic E-state index is 0.387. The van der Waals surface area contributed by atoms with Crippen LogP contribution in [-0.4, -0.2) is 19.1 Å². The third-order valence-corrected chi connectivity index (χ3v) is 3.30. The van der Waals surface area contributed by atoms with Crippen molar-refractivity contribution in [2.24, 2.45) is 11.1 Å². The zero-order chi connectivity index (χ0) is 8.32. The maximum absolute atomic E-state index is 6.10. The Hall–Kier alpha value is -0.0800. The Kier molecular flexibility index (Phi) is 2.90. The first kappa shape index (κ1) is 9.01. The smallest absolute Gasteiger partial charge is 0.0120 e. The molecule has 1 atom stereocenters. The number of hydrogen-bond acceptors (Lipinski definition) is 2. The normalized spacial score (nSPS) is 30.3. The number of rotatable bonds is 2. The monoisotopic (exact) mass is 156 g/mol. The minimum absolute atomic E-state index is 0.387. The van der Waals surface area contributed by atoms with Crippen molar-refractivity contribution in [2.45, 2.75) is 39.2 Å². The largest absolute Gasteiger partial charge is 0.327 e. The van der Waals surface area contributed by atoms with Crippen LogP contribution < -0.4 is 11.1 Å². The molecule has 0 aliphatic carbocycles. The molecule has 2 heteroatoms. The van der Waals surface area contributed by atoms with Crippen LogP contribution in [0.3, 0.4) is 0 Å². The predicted molar refractivity (Wildman–Crippen MR) is 48.5 cm³/mol. The van der Waals surface area contributed by atoms with Crippen LogP contribution in [0.1, 0.15) is 33.1 Å². The molecule has 1 fully saturated rings. The van der Waals surface area contributed by atoms with Crippen molar-refractivity contribution in [3.05, 3.63) is 0 Å². The Morgan fingerprint density at radius 3 is 2.45 bits per heavy atom. The van der Waals surface area contributed by atoms with Crippen LogP contribution in [0.15, 0.2) is 0 Å². The molecule has 0 radical (unpaired) electrons. The molecule has 0 bridgehead atoms. The fourth-order valence-corrected chi connectivity index (χ4v) is 2.06. The molecular formula is C9H20N2.